The quantitative estimate of drug-likeness (QED) is 0.678. The van der Waals surface area contributed by atoms with Crippen LogP contribution >= 0.6 is 0 Å². The molecule has 0 fully saturated rings. The van der Waals surface area contributed by atoms with Crippen molar-refractivity contribution in [2.24, 2.45) is 0 Å². The molecule has 0 aliphatic heterocycles. The number of rotatable bonds is 6. The summed E-state index contributed by atoms with van der Waals surface area (Å²) < 4.78 is 46.6. The van der Waals surface area contributed by atoms with E-state index >= 15 is 0 Å². The van der Waals surface area contributed by atoms with Gasteiger partial charge in [0.1, 0.15) is 12.2 Å². The summed E-state index contributed by atoms with van der Waals surface area (Å²) >= 11 is 0. The molecule has 1 rings (SSSR count). The maximum atomic E-state index is 11.8. The van der Waals surface area contributed by atoms with Crippen LogP contribution in [0.25, 0.3) is 0 Å². The zero-order valence-electron chi connectivity index (χ0n) is 7.65. The maximum absolute atomic E-state index is 11.8. The Labute approximate surface area is 85.1 Å². The Hall–Kier alpha value is -1.09. The van der Waals surface area contributed by atoms with Gasteiger partial charge in [-0.05, 0) is 6.42 Å². The lowest BCUT2D eigenvalue weighted by atomic mass is 10.3. The van der Waals surface area contributed by atoms with Gasteiger partial charge in [0.25, 0.3) is 10.0 Å². The third kappa shape index (κ3) is 3.88. The Bertz CT molecular complexity index is 378. The van der Waals surface area contributed by atoms with Crippen LogP contribution in [0.1, 0.15) is 12.2 Å². The zero-order chi connectivity index (χ0) is 11.3. The fraction of sp³-hybridized carbons (Fsp3) is 0.667. The molecule has 1 heterocycles. The third-order valence-corrected chi connectivity index (χ3v) is 2.67. The normalized spacial score (nSPS) is 12.2. The average Bonchev–Trinajstić information content (AvgIpc) is 2.64. The largest absolute Gasteiger partial charge is 0.350 e. The van der Waals surface area contributed by atoms with Crippen molar-refractivity contribution in [3.8, 4) is 0 Å². The molecule has 6 nitrogen and oxygen atoms in total. The molecule has 0 bridgehead atoms. The summed E-state index contributed by atoms with van der Waals surface area (Å²) in [5, 5.41) is 6.15. The van der Waals surface area contributed by atoms with Crippen molar-refractivity contribution in [1.82, 2.24) is 19.9 Å². The van der Waals surface area contributed by atoms with Crippen molar-refractivity contribution in [1.29, 1.82) is 0 Å². The number of aromatic amines is 1. The van der Waals surface area contributed by atoms with E-state index in [1.54, 1.807) is 4.72 Å². The number of nitrogens with one attached hydrogen (secondary N) is 2. The van der Waals surface area contributed by atoms with Crippen LogP contribution in [0.4, 0.5) is 8.78 Å². The summed E-state index contributed by atoms with van der Waals surface area (Å²) in [6.07, 6.45) is 2.14. The van der Waals surface area contributed by atoms with Crippen molar-refractivity contribution < 1.29 is 17.2 Å². The monoisotopic (exact) mass is 240 g/mol. The summed E-state index contributed by atoms with van der Waals surface area (Å²) in [6, 6.07) is 0. The highest BCUT2D eigenvalue weighted by atomic mass is 32.2. The van der Waals surface area contributed by atoms with Gasteiger partial charge in [-0.25, -0.2) is 18.1 Å². The van der Waals surface area contributed by atoms with Crippen molar-refractivity contribution in [2.75, 3.05) is 6.54 Å². The average molecular weight is 240 g/mol. The number of hydrogen-bond donors (Lipinski definition) is 2. The van der Waals surface area contributed by atoms with Crippen LogP contribution in [-0.4, -0.2) is 35.9 Å². The number of aryl methyl sites for hydroxylation is 1. The van der Waals surface area contributed by atoms with E-state index in [1.807, 2.05) is 0 Å². The predicted octanol–water partition coefficient (Wildman–Crippen LogP) is -0.121. The lowest BCUT2D eigenvalue weighted by Gasteiger charge is -2.03. The fourth-order valence-electron chi connectivity index (χ4n) is 0.885. The first-order valence-corrected chi connectivity index (χ1v) is 5.68. The second kappa shape index (κ2) is 5.12. The molecule has 1 aromatic heterocycles. The van der Waals surface area contributed by atoms with E-state index in [1.165, 1.54) is 6.33 Å². The van der Waals surface area contributed by atoms with E-state index in [-0.39, 0.29) is 6.54 Å². The van der Waals surface area contributed by atoms with Crippen LogP contribution < -0.4 is 4.72 Å². The number of hydrogen-bond acceptors (Lipinski definition) is 4. The van der Waals surface area contributed by atoms with Gasteiger partial charge in [-0.2, -0.15) is 13.9 Å². The van der Waals surface area contributed by atoms with Crippen LogP contribution in [0.3, 0.4) is 0 Å². The fourth-order valence-corrected chi connectivity index (χ4v) is 1.44. The summed E-state index contributed by atoms with van der Waals surface area (Å²) in [5.74, 6) is -2.80. The minimum Gasteiger partial charge on any atom is -0.263 e. The molecule has 0 saturated carbocycles. The number of halogens is 2. The number of nitrogens with zero attached hydrogens (tertiary/aromatic N) is 2. The second-order valence-corrected chi connectivity index (χ2v) is 4.47. The second-order valence-electron chi connectivity index (χ2n) is 2.74. The lowest BCUT2D eigenvalue weighted by Crippen LogP contribution is -2.30. The standard InChI is InChI=1S/C6H10F2N4O2S/c7-6(8)15(13,14)11-3-1-2-5-9-4-10-12-5/h4,6,11H,1-3H2,(H,9,10,12). The minimum atomic E-state index is -4.47. The van der Waals surface area contributed by atoms with Gasteiger partial charge in [0.2, 0.25) is 0 Å². The Balaban J connectivity index is 2.23. The Morgan fingerprint density at radius 3 is 2.80 bits per heavy atom. The Morgan fingerprint density at radius 1 is 1.53 bits per heavy atom. The molecule has 0 amide bonds. The molecule has 9 heteroatoms. The van der Waals surface area contributed by atoms with Gasteiger partial charge < -0.3 is 0 Å². The third-order valence-electron chi connectivity index (χ3n) is 1.59. The maximum Gasteiger partial charge on any atom is 0.350 e. The van der Waals surface area contributed by atoms with Gasteiger partial charge in [0.05, 0.1) is 0 Å². The van der Waals surface area contributed by atoms with E-state index in [0.717, 1.165) is 0 Å². The molecule has 2 N–H and O–H groups in total. The molecule has 0 atom stereocenters. The van der Waals surface area contributed by atoms with Crippen molar-refractivity contribution in [3.63, 3.8) is 0 Å². The Morgan fingerprint density at radius 2 is 2.27 bits per heavy atom. The molecule has 0 aliphatic rings. The van der Waals surface area contributed by atoms with Crippen LogP contribution in [-0.2, 0) is 16.4 Å². The van der Waals surface area contributed by atoms with Crippen molar-refractivity contribution in [2.45, 2.75) is 18.6 Å². The molecule has 1 aromatic rings. The van der Waals surface area contributed by atoms with Crippen molar-refractivity contribution >= 4 is 10.0 Å². The summed E-state index contributed by atoms with van der Waals surface area (Å²) in [6.45, 7) is -0.0482. The van der Waals surface area contributed by atoms with Crippen LogP contribution in [0.5, 0.6) is 0 Å². The van der Waals surface area contributed by atoms with Crippen LogP contribution in [0.15, 0.2) is 6.33 Å². The van der Waals surface area contributed by atoms with Crippen molar-refractivity contribution in [3.05, 3.63) is 12.2 Å². The molecule has 0 aliphatic carbocycles. The SMILES string of the molecule is O=S(=O)(NCCCc1ncn[nH]1)C(F)F. The van der Waals surface area contributed by atoms with Gasteiger partial charge in [0.15, 0.2) is 0 Å². The first kappa shape index (κ1) is 12.0. The van der Waals surface area contributed by atoms with E-state index in [0.29, 0.717) is 18.7 Å². The molecular weight excluding hydrogens is 230 g/mol. The van der Waals surface area contributed by atoms with E-state index < -0.39 is 15.8 Å². The summed E-state index contributed by atoms with van der Waals surface area (Å²) in [5.41, 5.74) is 0. The molecule has 0 spiro atoms. The molecule has 86 valence electrons. The number of alkyl halides is 2. The van der Waals surface area contributed by atoms with Gasteiger partial charge in [-0.1, -0.05) is 0 Å². The van der Waals surface area contributed by atoms with E-state index in [2.05, 4.69) is 15.2 Å². The molecule has 15 heavy (non-hydrogen) atoms. The molecule has 0 unspecified atom stereocenters. The summed E-state index contributed by atoms with van der Waals surface area (Å²) in [7, 11) is -4.47. The smallest absolute Gasteiger partial charge is 0.263 e. The van der Waals surface area contributed by atoms with Gasteiger partial charge in [-0.15, -0.1) is 0 Å². The first-order chi connectivity index (χ1) is 7.02. The molecular formula is C6H10F2N4O2S. The number of sulfonamides is 1. The number of aromatic nitrogens is 3. The highest BCUT2D eigenvalue weighted by Crippen LogP contribution is 2.01. The van der Waals surface area contributed by atoms with E-state index in [4.69, 9.17) is 0 Å². The van der Waals surface area contributed by atoms with Gasteiger partial charge in [-0.3, -0.25) is 5.10 Å². The minimum absolute atomic E-state index is 0.0482. The molecule has 0 radical (unpaired) electrons. The lowest BCUT2D eigenvalue weighted by molar-refractivity contribution is 0.232. The van der Waals surface area contributed by atoms with Crippen LogP contribution in [0.2, 0.25) is 0 Å². The molecule has 0 aromatic carbocycles. The van der Waals surface area contributed by atoms with Crippen LogP contribution in [0, 0.1) is 0 Å². The summed E-state index contributed by atoms with van der Waals surface area (Å²) in [4.78, 5) is 3.79. The topological polar surface area (TPSA) is 87.7 Å². The predicted molar refractivity (Wildman–Crippen MR) is 47.6 cm³/mol. The number of H-pyrrole nitrogens is 1. The first-order valence-electron chi connectivity index (χ1n) is 4.13. The molecule has 0 saturated heterocycles. The zero-order valence-corrected chi connectivity index (χ0v) is 8.47. The van der Waals surface area contributed by atoms with E-state index in [9.17, 15) is 17.2 Å². The highest BCUT2D eigenvalue weighted by molar-refractivity contribution is 7.89. The van der Waals surface area contributed by atoms with Gasteiger partial charge in [0, 0.05) is 13.0 Å². The highest BCUT2D eigenvalue weighted by Gasteiger charge is 2.22. The van der Waals surface area contributed by atoms with Gasteiger partial charge >= 0.3 is 5.76 Å². The Kier molecular flexibility index (Phi) is 4.09.